The van der Waals surface area contributed by atoms with Crippen LogP contribution in [0.1, 0.15) is 48.5 Å². The second kappa shape index (κ2) is 15.6. The third kappa shape index (κ3) is 9.36. The van der Waals surface area contributed by atoms with Crippen LogP contribution in [0.15, 0.2) is 24.3 Å². The first-order valence-corrected chi connectivity index (χ1v) is 11.9. The summed E-state index contributed by atoms with van der Waals surface area (Å²) in [6.45, 7) is 18.7. The third-order valence-electron chi connectivity index (χ3n) is 3.56. The molecule has 1 aromatic carbocycles. The number of nitro groups is 1. The Bertz CT molecular complexity index is 544. The molecule has 1 heterocycles. The Morgan fingerprint density at radius 2 is 1.44 bits per heavy atom. The first kappa shape index (κ1) is 27.8. The fraction of sp³-hybridized carbons (Fsp3) is 0.684. The van der Waals surface area contributed by atoms with Gasteiger partial charge in [0.1, 0.15) is 0 Å². The predicted molar refractivity (Wildman–Crippen MR) is 116 cm³/mol. The summed E-state index contributed by atoms with van der Waals surface area (Å²) in [5.41, 5.74) is 1.04. The summed E-state index contributed by atoms with van der Waals surface area (Å²) >= 11 is 0. The summed E-state index contributed by atoms with van der Waals surface area (Å²) in [7, 11) is -2.69. The van der Waals surface area contributed by atoms with E-state index in [2.05, 4.69) is 4.90 Å². The van der Waals surface area contributed by atoms with Crippen LogP contribution >= 0.6 is 7.52 Å². The van der Waals surface area contributed by atoms with Crippen molar-refractivity contribution in [1.29, 1.82) is 0 Å². The molecule has 1 atom stereocenters. The number of nitrogens with zero attached hydrogens (tertiary/aromatic N) is 3. The van der Waals surface area contributed by atoms with E-state index in [1.807, 2.05) is 53.1 Å². The van der Waals surface area contributed by atoms with E-state index in [4.69, 9.17) is 4.52 Å². The van der Waals surface area contributed by atoms with Crippen molar-refractivity contribution in [2.75, 3.05) is 44.4 Å². The van der Waals surface area contributed by atoms with Gasteiger partial charge in [0.05, 0.1) is 11.5 Å². The van der Waals surface area contributed by atoms with Crippen LogP contribution in [0, 0.1) is 10.1 Å². The molecule has 158 valence electrons. The van der Waals surface area contributed by atoms with Gasteiger partial charge in [0, 0.05) is 50.7 Å². The molecule has 0 saturated carbocycles. The Kier molecular flexibility index (Phi) is 16.1. The van der Waals surface area contributed by atoms with Gasteiger partial charge in [0.2, 0.25) is 0 Å². The highest BCUT2D eigenvalue weighted by Crippen LogP contribution is 2.47. The molecule has 0 aromatic heterocycles. The quantitative estimate of drug-likeness (QED) is 0.359. The Labute approximate surface area is 165 Å². The van der Waals surface area contributed by atoms with Gasteiger partial charge in [-0.05, 0) is 19.1 Å². The number of anilines is 1. The minimum Gasteiger partial charge on any atom is -0.369 e. The van der Waals surface area contributed by atoms with Crippen LogP contribution in [0.4, 0.5) is 11.4 Å². The van der Waals surface area contributed by atoms with Crippen molar-refractivity contribution in [2.45, 2.75) is 48.5 Å². The van der Waals surface area contributed by atoms with Crippen molar-refractivity contribution >= 4 is 18.9 Å². The Balaban J connectivity index is 0. The molecule has 2 rings (SSSR count). The minimum absolute atomic E-state index is 0.0896. The van der Waals surface area contributed by atoms with Crippen LogP contribution in [0.5, 0.6) is 0 Å². The maximum Gasteiger partial charge on any atom is 0.269 e. The number of nitro benzene ring substituents is 1. The molecular formula is C19H38N3O4P. The topological polar surface area (TPSA) is 75.9 Å². The number of hydrogen-bond acceptors (Lipinski definition) is 5. The van der Waals surface area contributed by atoms with Crippen LogP contribution in [0.3, 0.4) is 0 Å². The van der Waals surface area contributed by atoms with Gasteiger partial charge in [-0.3, -0.25) is 14.7 Å². The number of non-ortho nitro benzene ring substituents is 1. The van der Waals surface area contributed by atoms with E-state index in [-0.39, 0.29) is 5.69 Å². The fourth-order valence-corrected chi connectivity index (χ4v) is 3.97. The van der Waals surface area contributed by atoms with E-state index in [0.29, 0.717) is 19.7 Å². The molecule has 1 aliphatic rings. The van der Waals surface area contributed by atoms with Crippen molar-refractivity contribution in [1.82, 2.24) is 4.67 Å². The molecule has 1 fully saturated rings. The van der Waals surface area contributed by atoms with Crippen molar-refractivity contribution in [3.8, 4) is 0 Å². The van der Waals surface area contributed by atoms with E-state index < -0.39 is 12.4 Å². The maximum atomic E-state index is 12.3. The molecule has 8 heteroatoms. The average molecular weight is 404 g/mol. The van der Waals surface area contributed by atoms with Crippen LogP contribution in [0.25, 0.3) is 0 Å². The molecule has 0 amide bonds. The first-order valence-electron chi connectivity index (χ1n) is 9.91. The third-order valence-corrected chi connectivity index (χ3v) is 5.73. The smallest absolute Gasteiger partial charge is 0.269 e. The lowest BCUT2D eigenvalue weighted by Gasteiger charge is -2.38. The van der Waals surface area contributed by atoms with Gasteiger partial charge >= 0.3 is 0 Å². The SMILES string of the molecule is CC.CC.CC.CCOP(C)(=O)N1CCN(c2ccc([N+](=O)[O-])cc2)CC1. The number of rotatable bonds is 5. The summed E-state index contributed by atoms with van der Waals surface area (Å²) < 4.78 is 19.6. The molecule has 1 aliphatic heterocycles. The largest absolute Gasteiger partial charge is 0.369 e. The minimum atomic E-state index is -2.69. The standard InChI is InChI=1S/C13H20N3O4P.3C2H6/c1-3-20-21(2,19)15-10-8-14(9-11-15)12-4-6-13(7-5-12)16(17)18;3*1-2/h4-7H,3,8-11H2,1-2H3;3*1-2H3. The summed E-state index contributed by atoms with van der Waals surface area (Å²) in [5, 5.41) is 10.6. The molecular weight excluding hydrogens is 365 g/mol. The highest BCUT2D eigenvalue weighted by Gasteiger charge is 2.29. The highest BCUT2D eigenvalue weighted by molar-refractivity contribution is 7.55. The van der Waals surface area contributed by atoms with Crippen LogP contribution in [0.2, 0.25) is 0 Å². The fourth-order valence-electron chi connectivity index (χ4n) is 2.42. The lowest BCUT2D eigenvalue weighted by Crippen LogP contribution is -2.45. The Hall–Kier alpha value is -1.43. The monoisotopic (exact) mass is 403 g/mol. The predicted octanol–water partition coefficient (Wildman–Crippen LogP) is 5.65. The Morgan fingerprint density at radius 1 is 1.00 bits per heavy atom. The van der Waals surface area contributed by atoms with Crippen LogP contribution in [-0.2, 0) is 9.09 Å². The van der Waals surface area contributed by atoms with Gasteiger partial charge in [-0.15, -0.1) is 0 Å². The second-order valence-corrected chi connectivity index (χ2v) is 7.36. The lowest BCUT2D eigenvalue weighted by atomic mass is 10.2. The Morgan fingerprint density at radius 3 is 1.81 bits per heavy atom. The highest BCUT2D eigenvalue weighted by atomic mass is 31.2. The molecule has 1 saturated heterocycles. The van der Waals surface area contributed by atoms with Gasteiger partial charge in [-0.25, -0.2) is 4.67 Å². The first-order chi connectivity index (χ1) is 12.9. The van der Waals surface area contributed by atoms with Crippen molar-refractivity contribution in [3.05, 3.63) is 34.4 Å². The molecule has 0 spiro atoms. The van der Waals surface area contributed by atoms with Gasteiger partial charge in [-0.2, -0.15) is 0 Å². The van der Waals surface area contributed by atoms with Crippen LogP contribution in [-0.4, -0.2) is 49.0 Å². The molecule has 0 bridgehead atoms. The van der Waals surface area contributed by atoms with E-state index in [0.717, 1.165) is 18.8 Å². The van der Waals surface area contributed by atoms with E-state index >= 15 is 0 Å². The molecule has 0 aliphatic carbocycles. The van der Waals surface area contributed by atoms with E-state index in [9.17, 15) is 14.7 Å². The zero-order valence-electron chi connectivity index (χ0n) is 18.3. The molecule has 1 aromatic rings. The van der Waals surface area contributed by atoms with Crippen molar-refractivity contribution < 1.29 is 14.0 Å². The maximum absolute atomic E-state index is 12.3. The van der Waals surface area contributed by atoms with Gasteiger partial charge < -0.3 is 9.42 Å². The lowest BCUT2D eigenvalue weighted by molar-refractivity contribution is -0.384. The number of hydrogen-bond donors (Lipinski definition) is 0. The summed E-state index contributed by atoms with van der Waals surface area (Å²) in [6, 6.07) is 6.52. The second-order valence-electron chi connectivity index (χ2n) is 4.93. The molecule has 7 nitrogen and oxygen atoms in total. The molecule has 1 unspecified atom stereocenters. The van der Waals surface area contributed by atoms with Crippen molar-refractivity contribution in [3.63, 3.8) is 0 Å². The zero-order valence-corrected chi connectivity index (χ0v) is 19.2. The molecule has 0 radical (unpaired) electrons. The van der Waals surface area contributed by atoms with Gasteiger partial charge in [0.25, 0.3) is 13.2 Å². The summed E-state index contributed by atoms with van der Waals surface area (Å²) in [5.74, 6) is 0. The van der Waals surface area contributed by atoms with Gasteiger partial charge in [0.15, 0.2) is 0 Å². The summed E-state index contributed by atoms with van der Waals surface area (Å²) in [6.07, 6.45) is 0. The van der Waals surface area contributed by atoms with Crippen molar-refractivity contribution in [2.24, 2.45) is 0 Å². The molecule has 0 N–H and O–H groups in total. The van der Waals surface area contributed by atoms with E-state index in [1.165, 1.54) is 12.1 Å². The molecule has 27 heavy (non-hydrogen) atoms. The zero-order chi connectivity index (χ0) is 21.5. The normalized spacial score (nSPS) is 15.6. The van der Waals surface area contributed by atoms with Crippen LogP contribution < -0.4 is 4.90 Å². The average Bonchev–Trinajstić information content (AvgIpc) is 2.72. The van der Waals surface area contributed by atoms with Gasteiger partial charge in [-0.1, -0.05) is 41.5 Å². The number of piperazine rings is 1. The van der Waals surface area contributed by atoms with E-state index in [1.54, 1.807) is 18.8 Å². The summed E-state index contributed by atoms with van der Waals surface area (Å²) in [4.78, 5) is 12.4. The number of benzene rings is 1.